The molecule has 11 heteroatoms. The lowest BCUT2D eigenvalue weighted by molar-refractivity contribution is -0.123. The molecule has 0 unspecified atom stereocenters. The van der Waals surface area contributed by atoms with Gasteiger partial charge >= 0.3 is 0 Å². The highest BCUT2D eigenvalue weighted by atomic mass is 16.5. The van der Waals surface area contributed by atoms with E-state index in [9.17, 15) is 19.2 Å². The summed E-state index contributed by atoms with van der Waals surface area (Å²) < 4.78 is 11.7. The number of nitrogens with one attached hydrogen (secondary N) is 3. The third kappa shape index (κ3) is 7.91. The van der Waals surface area contributed by atoms with Gasteiger partial charge in [0.1, 0.15) is 18.0 Å². The van der Waals surface area contributed by atoms with Crippen LogP contribution in [-0.4, -0.2) is 54.8 Å². The van der Waals surface area contributed by atoms with Gasteiger partial charge in [-0.25, -0.2) is 4.68 Å². The van der Waals surface area contributed by atoms with Crippen molar-refractivity contribution in [2.75, 3.05) is 32.6 Å². The summed E-state index contributed by atoms with van der Waals surface area (Å²) in [6.45, 7) is 5.48. The van der Waals surface area contributed by atoms with E-state index in [1.807, 2.05) is 20.8 Å². The lowest BCUT2D eigenvalue weighted by Gasteiger charge is -2.17. The van der Waals surface area contributed by atoms with E-state index in [0.29, 0.717) is 34.0 Å². The number of carbonyl (C=O) groups is 3. The topological polar surface area (TPSA) is 141 Å². The van der Waals surface area contributed by atoms with Crippen LogP contribution in [0.5, 0.6) is 11.5 Å². The highest BCUT2D eigenvalue weighted by Gasteiger charge is 2.21. The number of rotatable bonds is 10. The van der Waals surface area contributed by atoms with Gasteiger partial charge in [-0.3, -0.25) is 19.2 Å². The zero-order valence-electron chi connectivity index (χ0n) is 22.7. The molecule has 1 heterocycles. The van der Waals surface area contributed by atoms with Gasteiger partial charge in [-0.15, -0.1) is 0 Å². The lowest BCUT2D eigenvalue weighted by Crippen LogP contribution is -2.38. The molecule has 0 spiro atoms. The molecule has 3 amide bonds. The molecule has 0 saturated heterocycles. The Morgan fingerprint density at radius 2 is 1.59 bits per heavy atom. The number of anilines is 1. The summed E-state index contributed by atoms with van der Waals surface area (Å²) in [5, 5.41) is 12.5. The smallest absolute Gasteiger partial charge is 0.267 e. The Hall–Kier alpha value is -4.67. The van der Waals surface area contributed by atoms with Gasteiger partial charge in [0, 0.05) is 41.4 Å². The van der Waals surface area contributed by atoms with Crippen LogP contribution in [0.3, 0.4) is 0 Å². The van der Waals surface area contributed by atoms with Gasteiger partial charge in [0.2, 0.25) is 11.8 Å². The van der Waals surface area contributed by atoms with Gasteiger partial charge in [-0.1, -0.05) is 20.8 Å². The highest BCUT2D eigenvalue weighted by Crippen LogP contribution is 2.31. The fourth-order valence-electron chi connectivity index (χ4n) is 3.42. The van der Waals surface area contributed by atoms with Crippen molar-refractivity contribution in [3.8, 4) is 22.8 Å². The van der Waals surface area contributed by atoms with Crippen LogP contribution in [0, 0.1) is 5.41 Å². The van der Waals surface area contributed by atoms with Crippen LogP contribution in [0.4, 0.5) is 5.69 Å². The van der Waals surface area contributed by atoms with Crippen LogP contribution in [0.1, 0.15) is 31.1 Å². The Kier molecular flexibility index (Phi) is 9.43. The minimum Gasteiger partial charge on any atom is -0.497 e. The molecule has 0 saturated carbocycles. The maximum atomic E-state index is 12.4. The normalized spacial score (nSPS) is 10.9. The summed E-state index contributed by atoms with van der Waals surface area (Å²) in [6.07, 6.45) is 0. The Labute approximate surface area is 226 Å². The number of hydrogen-bond donors (Lipinski definition) is 3. The standard InChI is InChI=1S/C28H33N5O6/c1-28(2,3)27(37)31-19-8-6-18(7-9-19)26(36)30-15-14-29-24(34)17-33-25(35)13-11-22(32-33)21-16-20(38-4)10-12-23(21)39-5/h6-13,16H,14-15,17H2,1-5H3,(H,29,34)(H,30,36)(H,31,37). The van der Waals surface area contributed by atoms with Gasteiger partial charge in [0.25, 0.3) is 11.5 Å². The van der Waals surface area contributed by atoms with Crippen molar-refractivity contribution in [1.82, 2.24) is 20.4 Å². The maximum Gasteiger partial charge on any atom is 0.267 e. The highest BCUT2D eigenvalue weighted by molar-refractivity contribution is 5.97. The first kappa shape index (κ1) is 28.9. The lowest BCUT2D eigenvalue weighted by atomic mass is 9.95. The molecule has 11 nitrogen and oxygen atoms in total. The molecule has 3 aromatic rings. The molecule has 0 atom stereocenters. The first-order valence-corrected chi connectivity index (χ1v) is 12.3. The number of hydrogen-bond acceptors (Lipinski definition) is 7. The molecule has 3 N–H and O–H groups in total. The van der Waals surface area contributed by atoms with E-state index < -0.39 is 16.9 Å². The predicted molar refractivity (Wildman–Crippen MR) is 147 cm³/mol. The fourth-order valence-corrected chi connectivity index (χ4v) is 3.42. The maximum absolute atomic E-state index is 12.4. The van der Waals surface area contributed by atoms with Gasteiger partial charge in [0.15, 0.2) is 0 Å². The van der Waals surface area contributed by atoms with E-state index in [-0.39, 0.29) is 31.4 Å². The van der Waals surface area contributed by atoms with Gasteiger partial charge < -0.3 is 25.4 Å². The minimum atomic E-state index is -0.531. The molecular weight excluding hydrogens is 502 g/mol. The Morgan fingerprint density at radius 3 is 2.23 bits per heavy atom. The van der Waals surface area contributed by atoms with Gasteiger partial charge in [0.05, 0.1) is 19.9 Å². The minimum absolute atomic E-state index is 0.125. The monoisotopic (exact) mass is 535 g/mol. The average molecular weight is 536 g/mol. The van der Waals surface area contributed by atoms with Crippen LogP contribution in [0.25, 0.3) is 11.3 Å². The second-order valence-corrected chi connectivity index (χ2v) is 9.67. The third-order valence-electron chi connectivity index (χ3n) is 5.66. The van der Waals surface area contributed by atoms with Gasteiger partial charge in [-0.05, 0) is 48.5 Å². The zero-order valence-corrected chi connectivity index (χ0v) is 22.7. The molecule has 2 aromatic carbocycles. The van der Waals surface area contributed by atoms with E-state index >= 15 is 0 Å². The van der Waals surface area contributed by atoms with E-state index in [1.165, 1.54) is 20.3 Å². The molecular formula is C28H33N5O6. The Bertz CT molecular complexity index is 1390. The molecule has 0 aliphatic heterocycles. The van der Waals surface area contributed by atoms with Crippen molar-refractivity contribution in [3.05, 3.63) is 70.5 Å². The summed E-state index contributed by atoms with van der Waals surface area (Å²) in [5.74, 6) is 0.245. The molecule has 0 aliphatic rings. The van der Waals surface area contributed by atoms with E-state index in [4.69, 9.17) is 9.47 Å². The quantitative estimate of drug-likeness (QED) is 0.339. The molecule has 0 aliphatic carbocycles. The Morgan fingerprint density at radius 1 is 0.897 bits per heavy atom. The van der Waals surface area contributed by atoms with Crippen molar-refractivity contribution in [1.29, 1.82) is 0 Å². The van der Waals surface area contributed by atoms with Crippen LogP contribution in [-0.2, 0) is 16.1 Å². The second kappa shape index (κ2) is 12.7. The molecule has 0 bridgehead atoms. The number of aromatic nitrogens is 2. The summed E-state index contributed by atoms with van der Waals surface area (Å²) in [6, 6.07) is 14.6. The number of ether oxygens (including phenoxy) is 2. The molecule has 39 heavy (non-hydrogen) atoms. The molecule has 1 aromatic heterocycles. The third-order valence-corrected chi connectivity index (χ3v) is 5.66. The van der Waals surface area contributed by atoms with E-state index in [2.05, 4.69) is 21.0 Å². The number of benzene rings is 2. The van der Waals surface area contributed by atoms with E-state index in [1.54, 1.807) is 48.5 Å². The van der Waals surface area contributed by atoms with Crippen molar-refractivity contribution in [2.45, 2.75) is 27.3 Å². The van der Waals surface area contributed by atoms with Crippen molar-refractivity contribution in [2.24, 2.45) is 5.41 Å². The zero-order chi connectivity index (χ0) is 28.6. The largest absolute Gasteiger partial charge is 0.497 e. The second-order valence-electron chi connectivity index (χ2n) is 9.67. The van der Waals surface area contributed by atoms with Crippen molar-refractivity contribution >= 4 is 23.4 Å². The summed E-state index contributed by atoms with van der Waals surface area (Å²) >= 11 is 0. The van der Waals surface area contributed by atoms with Crippen LogP contribution in [0.2, 0.25) is 0 Å². The number of methoxy groups -OCH3 is 2. The summed E-state index contributed by atoms with van der Waals surface area (Å²) in [4.78, 5) is 49.2. The molecule has 0 fully saturated rings. The number of nitrogens with zero attached hydrogens (tertiary/aromatic N) is 2. The molecule has 206 valence electrons. The first-order chi connectivity index (χ1) is 18.5. The summed E-state index contributed by atoms with van der Waals surface area (Å²) in [5.41, 5.74) is 1.09. The summed E-state index contributed by atoms with van der Waals surface area (Å²) in [7, 11) is 3.06. The van der Waals surface area contributed by atoms with Crippen LogP contribution in [0.15, 0.2) is 59.4 Å². The van der Waals surface area contributed by atoms with Crippen molar-refractivity contribution < 1.29 is 23.9 Å². The predicted octanol–water partition coefficient (Wildman–Crippen LogP) is 2.46. The number of carbonyl (C=O) groups excluding carboxylic acids is 3. The molecule has 0 radical (unpaired) electrons. The number of amides is 3. The Balaban J connectivity index is 1.52. The fraction of sp³-hybridized carbons (Fsp3) is 0.321. The van der Waals surface area contributed by atoms with Crippen LogP contribution >= 0.6 is 0 Å². The molecule has 3 rings (SSSR count). The van der Waals surface area contributed by atoms with Crippen LogP contribution < -0.4 is 31.0 Å². The SMILES string of the molecule is COc1ccc(OC)c(-c2ccc(=O)n(CC(=O)NCCNC(=O)c3ccc(NC(=O)C(C)(C)C)cc3)n2)c1. The van der Waals surface area contributed by atoms with Gasteiger partial charge in [-0.2, -0.15) is 5.10 Å². The average Bonchev–Trinajstić information content (AvgIpc) is 2.91. The van der Waals surface area contributed by atoms with Crippen molar-refractivity contribution in [3.63, 3.8) is 0 Å². The van der Waals surface area contributed by atoms with E-state index in [0.717, 1.165) is 4.68 Å². The first-order valence-electron chi connectivity index (χ1n) is 12.3.